The molecule has 0 aromatic heterocycles. The maximum atomic E-state index is 5.61. The first-order valence-corrected chi connectivity index (χ1v) is 7.69. The van der Waals surface area contributed by atoms with Gasteiger partial charge in [-0.3, -0.25) is 0 Å². The van der Waals surface area contributed by atoms with Gasteiger partial charge in [0.05, 0.1) is 6.61 Å². The van der Waals surface area contributed by atoms with Gasteiger partial charge in [-0.2, -0.15) is 0 Å². The fraction of sp³-hybridized carbons (Fsp3) is 0.647. The Balaban J connectivity index is 2.85. The second-order valence-corrected chi connectivity index (χ2v) is 5.20. The van der Waals surface area contributed by atoms with E-state index in [1.807, 2.05) is 13.0 Å². The molecule has 0 spiro atoms. The van der Waals surface area contributed by atoms with Crippen LogP contribution in [0.5, 0.6) is 5.75 Å². The van der Waals surface area contributed by atoms with Crippen LogP contribution in [0, 0.1) is 5.92 Å². The predicted molar refractivity (Wildman–Crippen MR) is 82.7 cm³/mol. The molecule has 0 bridgehead atoms. The molecular formula is C17H29NO. The molecule has 2 atom stereocenters. The van der Waals surface area contributed by atoms with Crippen molar-refractivity contribution in [2.45, 2.75) is 53.0 Å². The summed E-state index contributed by atoms with van der Waals surface area (Å²) in [6, 6.07) is 8.96. The molecule has 19 heavy (non-hydrogen) atoms. The minimum atomic E-state index is 0.431. The molecule has 0 aliphatic rings. The van der Waals surface area contributed by atoms with Crippen LogP contribution in [0.3, 0.4) is 0 Å². The van der Waals surface area contributed by atoms with E-state index in [1.54, 1.807) is 0 Å². The average Bonchev–Trinajstić information content (AvgIpc) is 2.40. The summed E-state index contributed by atoms with van der Waals surface area (Å²) in [5.74, 6) is 1.63. The normalized spacial score (nSPS) is 14.1. The van der Waals surface area contributed by atoms with Crippen molar-refractivity contribution in [3.8, 4) is 5.75 Å². The fourth-order valence-electron chi connectivity index (χ4n) is 2.53. The van der Waals surface area contributed by atoms with Crippen molar-refractivity contribution in [2.24, 2.45) is 5.92 Å². The van der Waals surface area contributed by atoms with Crippen molar-refractivity contribution in [3.05, 3.63) is 29.8 Å². The standard InChI is InChI=1S/C17H29NO/c1-5-9-14(4)17(18-12-6-2)15-10-8-11-16(13-15)19-7-3/h8,10-11,13-14,17-18H,5-7,9,12H2,1-4H3. The molecule has 0 aliphatic carbocycles. The minimum Gasteiger partial charge on any atom is -0.494 e. The molecule has 2 nitrogen and oxygen atoms in total. The molecule has 1 N–H and O–H groups in total. The second kappa shape index (κ2) is 8.98. The molecule has 0 saturated heterocycles. The molecule has 2 unspecified atom stereocenters. The van der Waals surface area contributed by atoms with E-state index in [-0.39, 0.29) is 0 Å². The lowest BCUT2D eigenvalue weighted by atomic mass is 9.91. The summed E-state index contributed by atoms with van der Waals surface area (Å²) in [6.07, 6.45) is 3.65. The van der Waals surface area contributed by atoms with Gasteiger partial charge in [0.25, 0.3) is 0 Å². The van der Waals surface area contributed by atoms with Crippen molar-refractivity contribution >= 4 is 0 Å². The lowest BCUT2D eigenvalue weighted by Gasteiger charge is -2.26. The van der Waals surface area contributed by atoms with E-state index < -0.39 is 0 Å². The van der Waals surface area contributed by atoms with Gasteiger partial charge in [-0.15, -0.1) is 0 Å². The Morgan fingerprint density at radius 3 is 2.58 bits per heavy atom. The Bertz CT molecular complexity index is 351. The van der Waals surface area contributed by atoms with Crippen LogP contribution in [0.15, 0.2) is 24.3 Å². The highest BCUT2D eigenvalue weighted by atomic mass is 16.5. The Labute approximate surface area is 118 Å². The van der Waals surface area contributed by atoms with Crippen LogP contribution in [0.25, 0.3) is 0 Å². The molecule has 0 heterocycles. The summed E-state index contributed by atoms with van der Waals surface area (Å²) in [5, 5.41) is 3.68. The third-order valence-corrected chi connectivity index (χ3v) is 3.46. The Hall–Kier alpha value is -1.02. The van der Waals surface area contributed by atoms with E-state index in [0.717, 1.165) is 18.9 Å². The maximum absolute atomic E-state index is 5.61. The average molecular weight is 263 g/mol. The van der Waals surface area contributed by atoms with Crippen LogP contribution >= 0.6 is 0 Å². The summed E-state index contributed by atoms with van der Waals surface area (Å²) in [4.78, 5) is 0. The van der Waals surface area contributed by atoms with Gasteiger partial charge in [-0.1, -0.05) is 39.3 Å². The number of hydrogen-bond acceptors (Lipinski definition) is 2. The highest BCUT2D eigenvalue weighted by Gasteiger charge is 2.18. The zero-order valence-corrected chi connectivity index (χ0v) is 12.9. The molecule has 0 saturated carbocycles. The molecule has 0 amide bonds. The van der Waals surface area contributed by atoms with Gasteiger partial charge in [-0.05, 0) is 49.9 Å². The zero-order chi connectivity index (χ0) is 14.1. The third kappa shape index (κ3) is 5.23. The van der Waals surface area contributed by atoms with E-state index in [9.17, 15) is 0 Å². The number of rotatable bonds is 9. The molecule has 1 rings (SSSR count). The first-order chi connectivity index (χ1) is 9.22. The van der Waals surface area contributed by atoms with Crippen LogP contribution in [-0.4, -0.2) is 13.2 Å². The highest BCUT2D eigenvalue weighted by Crippen LogP contribution is 2.28. The number of ether oxygens (including phenoxy) is 1. The predicted octanol–water partition coefficient (Wildman–Crippen LogP) is 4.56. The lowest BCUT2D eigenvalue weighted by molar-refractivity contribution is 0.335. The largest absolute Gasteiger partial charge is 0.494 e. The summed E-state index contributed by atoms with van der Waals surface area (Å²) < 4.78 is 5.61. The molecule has 2 heteroatoms. The summed E-state index contributed by atoms with van der Waals surface area (Å²) in [6.45, 7) is 10.6. The lowest BCUT2D eigenvalue weighted by Crippen LogP contribution is -2.27. The van der Waals surface area contributed by atoms with Crippen LogP contribution in [-0.2, 0) is 0 Å². The van der Waals surface area contributed by atoms with Gasteiger partial charge in [0.15, 0.2) is 0 Å². The Morgan fingerprint density at radius 1 is 1.16 bits per heavy atom. The van der Waals surface area contributed by atoms with Crippen molar-refractivity contribution < 1.29 is 4.74 Å². The molecule has 108 valence electrons. The van der Waals surface area contributed by atoms with E-state index in [2.05, 4.69) is 44.3 Å². The van der Waals surface area contributed by atoms with Crippen LogP contribution in [0.1, 0.15) is 58.6 Å². The number of hydrogen-bond donors (Lipinski definition) is 1. The monoisotopic (exact) mass is 263 g/mol. The SMILES string of the molecule is CCCNC(c1cccc(OCC)c1)C(C)CCC. The topological polar surface area (TPSA) is 21.3 Å². The van der Waals surface area contributed by atoms with Gasteiger partial charge in [0, 0.05) is 6.04 Å². The summed E-state index contributed by atoms with van der Waals surface area (Å²) >= 11 is 0. The molecule has 0 fully saturated rings. The highest BCUT2D eigenvalue weighted by molar-refractivity contribution is 5.31. The van der Waals surface area contributed by atoms with Gasteiger partial charge >= 0.3 is 0 Å². The molecule has 1 aromatic rings. The Morgan fingerprint density at radius 2 is 1.95 bits per heavy atom. The van der Waals surface area contributed by atoms with Crippen molar-refractivity contribution in [1.82, 2.24) is 5.32 Å². The minimum absolute atomic E-state index is 0.431. The van der Waals surface area contributed by atoms with Gasteiger partial charge in [0.1, 0.15) is 5.75 Å². The molecule has 0 aliphatic heterocycles. The van der Waals surface area contributed by atoms with Crippen LogP contribution in [0.4, 0.5) is 0 Å². The first kappa shape index (κ1) is 16.0. The summed E-state index contributed by atoms with van der Waals surface area (Å²) in [7, 11) is 0. The molecule has 0 radical (unpaired) electrons. The molecular weight excluding hydrogens is 234 g/mol. The van der Waals surface area contributed by atoms with Gasteiger partial charge in [0.2, 0.25) is 0 Å². The van der Waals surface area contributed by atoms with Crippen molar-refractivity contribution in [1.29, 1.82) is 0 Å². The fourth-order valence-corrected chi connectivity index (χ4v) is 2.53. The smallest absolute Gasteiger partial charge is 0.119 e. The van der Waals surface area contributed by atoms with Crippen molar-refractivity contribution in [3.63, 3.8) is 0 Å². The maximum Gasteiger partial charge on any atom is 0.119 e. The molecule has 1 aromatic carbocycles. The quantitative estimate of drug-likeness (QED) is 0.705. The van der Waals surface area contributed by atoms with E-state index in [1.165, 1.54) is 24.8 Å². The second-order valence-electron chi connectivity index (χ2n) is 5.20. The Kier molecular flexibility index (Phi) is 7.57. The van der Waals surface area contributed by atoms with Gasteiger partial charge < -0.3 is 10.1 Å². The third-order valence-electron chi connectivity index (χ3n) is 3.46. The van der Waals surface area contributed by atoms with Crippen molar-refractivity contribution in [2.75, 3.05) is 13.2 Å². The zero-order valence-electron chi connectivity index (χ0n) is 12.9. The van der Waals surface area contributed by atoms with E-state index in [4.69, 9.17) is 4.74 Å². The number of benzene rings is 1. The van der Waals surface area contributed by atoms with Crippen LogP contribution in [0.2, 0.25) is 0 Å². The first-order valence-electron chi connectivity index (χ1n) is 7.69. The van der Waals surface area contributed by atoms with E-state index in [0.29, 0.717) is 12.0 Å². The number of nitrogens with one attached hydrogen (secondary N) is 1. The van der Waals surface area contributed by atoms with Gasteiger partial charge in [-0.25, -0.2) is 0 Å². The van der Waals surface area contributed by atoms with E-state index >= 15 is 0 Å². The van der Waals surface area contributed by atoms with Crippen LogP contribution < -0.4 is 10.1 Å². The summed E-state index contributed by atoms with van der Waals surface area (Å²) in [5.41, 5.74) is 1.35.